The lowest BCUT2D eigenvalue weighted by atomic mass is 10.1. The first kappa shape index (κ1) is 76.8. The van der Waals surface area contributed by atoms with Crippen LogP contribution in [0.1, 0.15) is 355 Å². The molecule has 0 rings (SSSR count). The summed E-state index contributed by atoms with van der Waals surface area (Å²) in [4.78, 5) is 57.2. The van der Waals surface area contributed by atoms with Gasteiger partial charge in [-0.2, -0.15) is 0 Å². The Balaban J connectivity index is 5.23. The van der Waals surface area contributed by atoms with Crippen molar-refractivity contribution in [3.05, 3.63) is 0 Å². The summed E-state index contributed by atoms with van der Waals surface area (Å²) in [5, 5.41) is 12.7. The number of amides is 4. The van der Waals surface area contributed by atoms with E-state index in [2.05, 4.69) is 58.8 Å². The SMILES string of the molecule is CCCCCCCCCCCCCCNC(=O)CCN(CCC(=O)NCCCCCCCCCCCCC)CCN(CCC(=O)NCCCCCCCCCCCCCC)CCC(=O)NCCCCCCCCCCCCCC. The van der Waals surface area contributed by atoms with Gasteiger partial charge in [0.25, 0.3) is 0 Å². The van der Waals surface area contributed by atoms with Crippen molar-refractivity contribution in [1.82, 2.24) is 31.1 Å². The van der Waals surface area contributed by atoms with Gasteiger partial charge in [-0.3, -0.25) is 19.2 Å². The number of hydrogen-bond acceptors (Lipinski definition) is 6. The minimum atomic E-state index is 0.0695. The molecule has 0 unspecified atom stereocenters. The molecule has 0 bridgehead atoms. The number of carbonyl (C=O) groups is 4. The van der Waals surface area contributed by atoms with E-state index in [1.165, 1.54) is 250 Å². The standard InChI is InChI=1S/C69H138N6O4/c1-5-9-13-17-21-25-29-33-37-41-45-49-57-71-67(77)53-61-74(60-52-66(76)70-56-48-44-40-36-32-28-24-20-16-12-8-4)64-65-75(62-54-68(78)72-58-50-46-42-38-34-30-26-22-18-14-10-6-2)63-55-69(79)73-59-51-47-43-39-35-31-27-23-19-15-11-7-3/h5-65H2,1-4H3,(H,70,76)(H,71,77)(H,72,78)(H,73,79). The Bertz CT molecular complexity index is 1240. The molecule has 468 valence electrons. The summed E-state index contributed by atoms with van der Waals surface area (Å²) in [5.41, 5.74) is 0. The van der Waals surface area contributed by atoms with Crippen LogP contribution in [0.5, 0.6) is 0 Å². The number of carbonyl (C=O) groups excluding carboxylic acids is 4. The Labute approximate surface area is 492 Å². The van der Waals surface area contributed by atoms with Crippen molar-refractivity contribution in [1.29, 1.82) is 0 Å². The van der Waals surface area contributed by atoms with E-state index in [0.717, 1.165) is 51.4 Å². The van der Waals surface area contributed by atoms with Crippen LogP contribution in [0.3, 0.4) is 0 Å². The van der Waals surface area contributed by atoms with Crippen molar-refractivity contribution in [3.63, 3.8) is 0 Å². The number of nitrogens with one attached hydrogen (secondary N) is 4. The second-order valence-corrected chi connectivity index (χ2v) is 24.3. The van der Waals surface area contributed by atoms with Gasteiger partial charge in [-0.25, -0.2) is 0 Å². The number of hydrogen-bond donors (Lipinski definition) is 4. The molecule has 10 nitrogen and oxygen atoms in total. The minimum Gasteiger partial charge on any atom is -0.356 e. The molecular weight excluding hydrogens is 977 g/mol. The molecule has 0 aromatic heterocycles. The van der Waals surface area contributed by atoms with Gasteiger partial charge in [-0.05, 0) is 25.7 Å². The fraction of sp³-hybridized carbons (Fsp3) is 0.942. The predicted octanol–water partition coefficient (Wildman–Crippen LogP) is 18.0. The lowest BCUT2D eigenvalue weighted by Crippen LogP contribution is -2.41. The van der Waals surface area contributed by atoms with Crippen LogP contribution in [-0.4, -0.2) is 98.9 Å². The smallest absolute Gasteiger partial charge is 0.221 e. The summed E-state index contributed by atoms with van der Waals surface area (Å²) in [5.74, 6) is 0.280. The Morgan fingerprint density at radius 3 is 0.494 bits per heavy atom. The lowest BCUT2D eigenvalue weighted by molar-refractivity contribution is -0.123. The fourth-order valence-electron chi connectivity index (χ4n) is 10.9. The van der Waals surface area contributed by atoms with Crippen LogP contribution < -0.4 is 21.3 Å². The van der Waals surface area contributed by atoms with Gasteiger partial charge in [0.15, 0.2) is 0 Å². The highest BCUT2D eigenvalue weighted by molar-refractivity contribution is 5.77. The van der Waals surface area contributed by atoms with Gasteiger partial charge in [0.05, 0.1) is 0 Å². The zero-order valence-corrected chi connectivity index (χ0v) is 53.7. The molecule has 0 aromatic carbocycles. The highest BCUT2D eigenvalue weighted by Crippen LogP contribution is 2.16. The maximum Gasteiger partial charge on any atom is 0.221 e. The van der Waals surface area contributed by atoms with Gasteiger partial charge in [-0.15, -0.1) is 0 Å². The quantitative estimate of drug-likeness (QED) is 0.0450. The Kier molecular flexibility index (Phi) is 63.2. The Morgan fingerprint density at radius 2 is 0.342 bits per heavy atom. The second-order valence-electron chi connectivity index (χ2n) is 24.3. The third-order valence-corrected chi connectivity index (χ3v) is 16.5. The van der Waals surface area contributed by atoms with Crippen LogP contribution in [0.25, 0.3) is 0 Å². The first-order valence-electron chi connectivity index (χ1n) is 35.4. The monoisotopic (exact) mass is 1120 g/mol. The van der Waals surface area contributed by atoms with E-state index >= 15 is 0 Å². The summed E-state index contributed by atoms with van der Waals surface area (Å²) in [6.07, 6.45) is 62.4. The molecule has 0 saturated heterocycles. The summed E-state index contributed by atoms with van der Waals surface area (Å²) < 4.78 is 0. The molecule has 0 spiro atoms. The summed E-state index contributed by atoms with van der Waals surface area (Å²) >= 11 is 0. The maximum absolute atomic E-state index is 13.2. The van der Waals surface area contributed by atoms with E-state index < -0.39 is 0 Å². The van der Waals surface area contributed by atoms with E-state index in [-0.39, 0.29) is 23.6 Å². The molecule has 0 radical (unpaired) electrons. The first-order valence-corrected chi connectivity index (χ1v) is 35.4. The molecule has 0 atom stereocenters. The third kappa shape index (κ3) is 61.7. The summed E-state index contributed by atoms with van der Waals surface area (Å²) in [6.45, 7) is 15.6. The molecular formula is C69H138N6O4. The molecule has 4 N–H and O–H groups in total. The van der Waals surface area contributed by atoms with E-state index in [0.29, 0.717) is 91.1 Å². The van der Waals surface area contributed by atoms with Crippen molar-refractivity contribution in [3.8, 4) is 0 Å². The van der Waals surface area contributed by atoms with E-state index in [4.69, 9.17) is 0 Å². The highest BCUT2D eigenvalue weighted by atomic mass is 16.2. The number of unbranched alkanes of at least 4 members (excludes halogenated alkanes) is 43. The maximum atomic E-state index is 13.2. The van der Waals surface area contributed by atoms with Crippen LogP contribution in [-0.2, 0) is 19.2 Å². The molecule has 0 aliphatic heterocycles. The van der Waals surface area contributed by atoms with Crippen molar-refractivity contribution >= 4 is 23.6 Å². The first-order chi connectivity index (χ1) is 38.9. The van der Waals surface area contributed by atoms with Gasteiger partial charge in [0.2, 0.25) is 23.6 Å². The molecule has 4 amide bonds. The van der Waals surface area contributed by atoms with Crippen molar-refractivity contribution in [2.24, 2.45) is 0 Å². The van der Waals surface area contributed by atoms with Gasteiger partial charge >= 0.3 is 0 Å². The minimum absolute atomic E-state index is 0.0695. The van der Waals surface area contributed by atoms with Gasteiger partial charge in [0, 0.05) is 91.1 Å². The normalized spacial score (nSPS) is 11.5. The Morgan fingerprint density at radius 1 is 0.203 bits per heavy atom. The molecule has 0 fully saturated rings. The highest BCUT2D eigenvalue weighted by Gasteiger charge is 2.16. The van der Waals surface area contributed by atoms with Gasteiger partial charge in [-0.1, -0.05) is 304 Å². The molecule has 0 aromatic rings. The van der Waals surface area contributed by atoms with Crippen LogP contribution in [0.4, 0.5) is 0 Å². The zero-order valence-electron chi connectivity index (χ0n) is 53.7. The molecule has 0 aliphatic rings. The molecule has 0 heterocycles. The summed E-state index contributed by atoms with van der Waals surface area (Å²) in [7, 11) is 0. The zero-order chi connectivity index (χ0) is 57.4. The topological polar surface area (TPSA) is 123 Å². The number of nitrogens with zero attached hydrogens (tertiary/aromatic N) is 2. The van der Waals surface area contributed by atoms with E-state index in [9.17, 15) is 19.2 Å². The van der Waals surface area contributed by atoms with Crippen LogP contribution >= 0.6 is 0 Å². The fourth-order valence-corrected chi connectivity index (χ4v) is 10.9. The van der Waals surface area contributed by atoms with Crippen molar-refractivity contribution in [2.45, 2.75) is 355 Å². The van der Waals surface area contributed by atoms with Crippen molar-refractivity contribution in [2.75, 3.05) is 65.4 Å². The Hall–Kier alpha value is -2.20. The number of rotatable bonds is 66. The second kappa shape index (κ2) is 65.0. The average Bonchev–Trinajstić information content (AvgIpc) is 3.45. The van der Waals surface area contributed by atoms with E-state index in [1.54, 1.807) is 0 Å². The largest absolute Gasteiger partial charge is 0.356 e. The van der Waals surface area contributed by atoms with Crippen LogP contribution in [0.2, 0.25) is 0 Å². The third-order valence-electron chi connectivity index (χ3n) is 16.5. The molecule has 0 saturated carbocycles. The van der Waals surface area contributed by atoms with Crippen molar-refractivity contribution < 1.29 is 19.2 Å². The molecule has 79 heavy (non-hydrogen) atoms. The van der Waals surface area contributed by atoms with Gasteiger partial charge in [0.1, 0.15) is 0 Å². The van der Waals surface area contributed by atoms with Gasteiger partial charge < -0.3 is 31.1 Å². The van der Waals surface area contributed by atoms with Crippen LogP contribution in [0, 0.1) is 0 Å². The van der Waals surface area contributed by atoms with E-state index in [1.807, 2.05) is 0 Å². The predicted molar refractivity (Wildman–Crippen MR) is 343 cm³/mol. The molecule has 10 heteroatoms. The summed E-state index contributed by atoms with van der Waals surface area (Å²) in [6, 6.07) is 0. The lowest BCUT2D eigenvalue weighted by Gasteiger charge is -2.27. The average molecular weight is 1120 g/mol. The van der Waals surface area contributed by atoms with Crippen LogP contribution in [0.15, 0.2) is 0 Å². The molecule has 0 aliphatic carbocycles.